The smallest absolute Gasteiger partial charge is 0.345 e. The lowest BCUT2D eigenvalue weighted by atomic mass is 10.2. The zero-order valence-corrected chi connectivity index (χ0v) is 11.5. The van der Waals surface area contributed by atoms with Crippen molar-refractivity contribution in [2.24, 2.45) is 0 Å². The van der Waals surface area contributed by atoms with Crippen LogP contribution >= 0.6 is 9.07 Å². The zero-order chi connectivity index (χ0) is 12.5. The molecule has 1 aliphatic carbocycles. The van der Waals surface area contributed by atoms with Crippen molar-refractivity contribution in [1.82, 2.24) is 0 Å². The maximum absolute atomic E-state index is 10.3. The number of carbonyl (C=O) groups excluding carboxylic acids is 2. The Labute approximate surface area is 114 Å². The van der Waals surface area contributed by atoms with E-state index in [2.05, 4.69) is 24.3 Å². The fraction of sp³-hybridized carbons (Fsp3) is 0.0769. The molecule has 0 spiro atoms. The van der Waals surface area contributed by atoms with Gasteiger partial charge in [-0.25, -0.2) is 0 Å². The van der Waals surface area contributed by atoms with Gasteiger partial charge in [0.05, 0.1) is 0 Å². The molecule has 0 radical (unpaired) electrons. The number of allylic oxidation sites excluding steroid dienone is 4. The monoisotopic (exact) mass is 258 g/mol. The van der Waals surface area contributed by atoms with E-state index in [1.54, 1.807) is 0 Å². The van der Waals surface area contributed by atoms with E-state index in [4.69, 9.17) is 9.07 Å². The second-order valence-corrected chi connectivity index (χ2v) is 5.41. The Bertz CT molecular complexity index is 400. The maximum atomic E-state index is 10.3. The van der Waals surface area contributed by atoms with Crippen LogP contribution in [0.25, 0.3) is 0 Å². The summed E-state index contributed by atoms with van der Waals surface area (Å²) in [5, 5.41) is 0. The highest BCUT2D eigenvalue weighted by molar-refractivity contribution is 6.93. The van der Waals surface area contributed by atoms with Crippen molar-refractivity contribution in [3.8, 4) is 0 Å². The van der Waals surface area contributed by atoms with Crippen LogP contribution < -0.4 is 0 Å². The lowest BCUT2D eigenvalue weighted by Gasteiger charge is -1.92. The van der Waals surface area contributed by atoms with Gasteiger partial charge in [-0.05, 0) is 24.3 Å². The number of rotatable bonds is 2. The van der Waals surface area contributed by atoms with E-state index >= 15 is 0 Å². The Morgan fingerprint density at radius 2 is 1.35 bits per heavy atom. The summed E-state index contributed by atoms with van der Waals surface area (Å²) >= 11 is -0.312. The molecule has 0 N–H and O–H groups in total. The number of ketones is 2. The first kappa shape index (κ1) is 14.2. The molecule has 84 valence electrons. The molecular weight excluding hydrogens is 248 g/mol. The van der Waals surface area contributed by atoms with Crippen molar-refractivity contribution in [2.45, 2.75) is 4.55 Å². The second-order valence-electron chi connectivity index (χ2n) is 3.40. The number of hydrogen-bond acceptors (Lipinski definition) is 2. The third kappa shape index (κ3) is 6.41. The summed E-state index contributed by atoms with van der Waals surface area (Å²) in [4.78, 5) is 20.6. The fourth-order valence-corrected chi connectivity index (χ4v) is 2.40. The number of halogens is 1. The lowest BCUT2D eigenvalue weighted by Crippen LogP contribution is -1.97. The Morgan fingerprint density at radius 1 is 0.882 bits per heavy atom. The standard InChI is InChI=1S/C7H7.C6H4O2.ClH.Mg/c1-7-5-3-2-4-6-7;7-5-1-2-6(8)4-3-5;;/h2-6H,1H2;1-4H;1H;/q;;;+1/p-1. The Morgan fingerprint density at radius 3 is 1.76 bits per heavy atom. The minimum Gasteiger partial charge on any atom is -0.345 e. The summed E-state index contributed by atoms with van der Waals surface area (Å²) in [6.07, 6.45) is 5.01. The second kappa shape index (κ2) is 8.23. The molecule has 0 fully saturated rings. The van der Waals surface area contributed by atoms with Crippen LogP contribution in [0.3, 0.4) is 0 Å². The van der Waals surface area contributed by atoms with Crippen LogP contribution in [0.2, 0.25) is 0 Å². The van der Waals surface area contributed by atoms with E-state index < -0.39 is 0 Å². The van der Waals surface area contributed by atoms with Gasteiger partial charge in [0, 0.05) is 0 Å². The van der Waals surface area contributed by atoms with Crippen molar-refractivity contribution in [3.63, 3.8) is 0 Å². The summed E-state index contributed by atoms with van der Waals surface area (Å²) in [5.41, 5.74) is 1.37. The quantitative estimate of drug-likeness (QED) is 0.603. The highest BCUT2D eigenvalue weighted by Gasteiger charge is 1.97. The van der Waals surface area contributed by atoms with Gasteiger partial charge in [0.25, 0.3) is 0 Å². The first-order chi connectivity index (χ1) is 8.22. The molecule has 17 heavy (non-hydrogen) atoms. The molecule has 1 aromatic carbocycles. The van der Waals surface area contributed by atoms with Crippen LogP contribution in [0.15, 0.2) is 54.6 Å². The lowest BCUT2D eigenvalue weighted by molar-refractivity contribution is -0.113. The van der Waals surface area contributed by atoms with Gasteiger partial charge in [-0.1, -0.05) is 40.4 Å². The average molecular weight is 259 g/mol. The molecule has 4 heteroatoms. The highest BCUT2D eigenvalue weighted by atomic mass is 35.5. The predicted octanol–water partition coefficient (Wildman–Crippen LogP) is 2.30. The van der Waals surface area contributed by atoms with E-state index in [1.165, 1.54) is 29.9 Å². The van der Waals surface area contributed by atoms with Crippen molar-refractivity contribution in [2.75, 3.05) is 0 Å². The van der Waals surface area contributed by atoms with Gasteiger partial charge < -0.3 is 9.07 Å². The molecule has 0 atom stereocenters. The van der Waals surface area contributed by atoms with E-state index in [0.29, 0.717) is 0 Å². The molecule has 2 rings (SSSR count). The van der Waals surface area contributed by atoms with Crippen LogP contribution in [0.1, 0.15) is 5.56 Å². The van der Waals surface area contributed by atoms with Crippen molar-refractivity contribution >= 4 is 39.9 Å². The van der Waals surface area contributed by atoms with E-state index in [9.17, 15) is 9.59 Å². The third-order valence-corrected chi connectivity index (χ3v) is 3.38. The van der Waals surface area contributed by atoms with Gasteiger partial charge >= 0.3 is 19.3 Å². The molecule has 0 amide bonds. The number of carbonyl (C=O) groups is 2. The average Bonchev–Trinajstić information content (AvgIpc) is 2.36. The molecule has 2 nitrogen and oxygen atoms in total. The van der Waals surface area contributed by atoms with E-state index in [-0.39, 0.29) is 30.8 Å². The highest BCUT2D eigenvalue weighted by Crippen LogP contribution is 1.98. The van der Waals surface area contributed by atoms with Crippen LogP contribution in [0.4, 0.5) is 0 Å². The van der Waals surface area contributed by atoms with Gasteiger partial charge in [0.15, 0.2) is 11.6 Å². The molecule has 0 aliphatic heterocycles. The number of hydrogen-bond donors (Lipinski definition) is 0. The summed E-state index contributed by atoms with van der Waals surface area (Å²) < 4.78 is 1.11. The van der Waals surface area contributed by atoms with Gasteiger partial charge in [0.1, 0.15) is 0 Å². The fourth-order valence-electron chi connectivity index (χ4n) is 1.19. The molecular formula is C13H11ClMgO2. The van der Waals surface area contributed by atoms with Gasteiger partial charge in [-0.3, -0.25) is 9.59 Å². The van der Waals surface area contributed by atoms with E-state index in [1.807, 2.05) is 6.07 Å². The summed E-state index contributed by atoms with van der Waals surface area (Å²) in [6.45, 7) is 0. The molecule has 0 saturated carbocycles. The Hall–Kier alpha value is -0.904. The van der Waals surface area contributed by atoms with Crippen LogP contribution in [0.5, 0.6) is 0 Å². The molecule has 1 aliphatic rings. The third-order valence-electron chi connectivity index (χ3n) is 2.05. The van der Waals surface area contributed by atoms with Crippen LogP contribution in [-0.2, 0) is 14.1 Å². The van der Waals surface area contributed by atoms with Gasteiger partial charge in [-0.2, -0.15) is 0 Å². The van der Waals surface area contributed by atoms with Crippen LogP contribution in [-0.4, -0.2) is 30.8 Å². The first-order valence-electron chi connectivity index (χ1n) is 5.26. The van der Waals surface area contributed by atoms with Gasteiger partial charge in [-0.15, -0.1) is 0 Å². The van der Waals surface area contributed by atoms with E-state index in [0.717, 1.165) is 4.55 Å². The molecule has 0 bridgehead atoms. The minimum absolute atomic E-state index is 0.121. The van der Waals surface area contributed by atoms with Crippen molar-refractivity contribution in [1.29, 1.82) is 0 Å². The topological polar surface area (TPSA) is 34.1 Å². The van der Waals surface area contributed by atoms with Crippen molar-refractivity contribution in [3.05, 3.63) is 60.2 Å². The summed E-state index contributed by atoms with van der Waals surface area (Å²) in [7, 11) is 5.67. The largest absolute Gasteiger partial charge is 0.505 e. The molecule has 0 aromatic heterocycles. The van der Waals surface area contributed by atoms with Crippen molar-refractivity contribution < 1.29 is 9.59 Å². The van der Waals surface area contributed by atoms with Gasteiger partial charge in [0.2, 0.25) is 0 Å². The summed E-state index contributed by atoms with van der Waals surface area (Å²) in [6, 6.07) is 10.4. The Balaban J connectivity index is 0.000000171. The zero-order valence-electron chi connectivity index (χ0n) is 9.30. The number of benzene rings is 1. The predicted molar refractivity (Wildman–Crippen MR) is 70.0 cm³/mol. The molecule has 0 saturated heterocycles. The summed E-state index contributed by atoms with van der Waals surface area (Å²) in [5.74, 6) is -0.241. The maximum Gasteiger partial charge on any atom is 0.505 e. The SMILES string of the molecule is O=C1C=CC(=O)C=C1.[Cl][Mg][CH2]c1ccccc1. The normalized spacial score (nSPS) is 12.8. The minimum atomic E-state index is -0.312. The molecule has 0 unspecified atom stereocenters. The first-order valence-corrected chi connectivity index (χ1v) is 8.40. The Kier molecular flexibility index (Phi) is 6.85. The molecule has 0 heterocycles. The van der Waals surface area contributed by atoms with Crippen LogP contribution in [0, 0.1) is 0 Å². The molecule has 1 aromatic rings.